The zero-order valence-electron chi connectivity index (χ0n) is 9.39. The van der Waals surface area contributed by atoms with E-state index in [4.69, 9.17) is 4.42 Å². The van der Waals surface area contributed by atoms with Gasteiger partial charge in [-0.25, -0.2) is 13.1 Å². The molecule has 1 heterocycles. The number of furan rings is 1. The molecule has 0 spiro atoms. The van der Waals surface area contributed by atoms with Crippen LogP contribution in [-0.4, -0.2) is 21.2 Å². The SMILES string of the molecule is O=Cc1ccc(S(=O)(=O)NCC2CCCC2)o1. The normalized spacial score (nSPS) is 17.4. The highest BCUT2D eigenvalue weighted by Crippen LogP contribution is 2.24. The number of hydrogen-bond acceptors (Lipinski definition) is 4. The summed E-state index contributed by atoms with van der Waals surface area (Å²) in [5, 5.41) is -0.197. The molecule has 1 aromatic rings. The summed E-state index contributed by atoms with van der Waals surface area (Å²) in [6.07, 6.45) is 4.96. The van der Waals surface area contributed by atoms with E-state index in [1.165, 1.54) is 25.0 Å². The molecule has 0 aromatic carbocycles. The van der Waals surface area contributed by atoms with Crippen molar-refractivity contribution in [1.29, 1.82) is 0 Å². The van der Waals surface area contributed by atoms with Crippen LogP contribution in [0.1, 0.15) is 36.2 Å². The third kappa shape index (κ3) is 2.95. The minimum atomic E-state index is -3.61. The van der Waals surface area contributed by atoms with E-state index in [9.17, 15) is 13.2 Å². The first-order valence-electron chi connectivity index (χ1n) is 5.66. The van der Waals surface area contributed by atoms with E-state index >= 15 is 0 Å². The van der Waals surface area contributed by atoms with Gasteiger partial charge < -0.3 is 4.42 Å². The molecule has 1 aliphatic rings. The average Bonchev–Trinajstić information content (AvgIpc) is 2.98. The first-order valence-corrected chi connectivity index (χ1v) is 7.15. The highest BCUT2D eigenvalue weighted by atomic mass is 32.2. The second kappa shape index (κ2) is 5.01. The fourth-order valence-electron chi connectivity index (χ4n) is 2.06. The number of sulfonamides is 1. The molecule has 1 saturated carbocycles. The molecule has 0 amide bonds. The van der Waals surface area contributed by atoms with Crippen molar-refractivity contribution in [3.05, 3.63) is 17.9 Å². The van der Waals surface area contributed by atoms with Gasteiger partial charge in [-0.1, -0.05) is 12.8 Å². The summed E-state index contributed by atoms with van der Waals surface area (Å²) in [7, 11) is -3.61. The van der Waals surface area contributed by atoms with Crippen LogP contribution in [0.4, 0.5) is 0 Å². The largest absolute Gasteiger partial charge is 0.440 e. The number of aldehydes is 1. The average molecular weight is 257 g/mol. The molecule has 1 fully saturated rings. The summed E-state index contributed by atoms with van der Waals surface area (Å²) >= 11 is 0. The van der Waals surface area contributed by atoms with E-state index < -0.39 is 10.0 Å². The van der Waals surface area contributed by atoms with Crippen LogP contribution in [0.15, 0.2) is 21.6 Å². The first kappa shape index (κ1) is 12.3. The minimum Gasteiger partial charge on any atom is -0.440 e. The van der Waals surface area contributed by atoms with Gasteiger partial charge in [-0.3, -0.25) is 4.79 Å². The Morgan fingerprint density at radius 1 is 1.35 bits per heavy atom. The van der Waals surface area contributed by atoms with E-state index in [0.29, 0.717) is 18.7 Å². The predicted octanol–water partition coefficient (Wildman–Crippen LogP) is 1.56. The van der Waals surface area contributed by atoms with Crippen molar-refractivity contribution in [3.8, 4) is 0 Å². The van der Waals surface area contributed by atoms with Gasteiger partial charge in [0.05, 0.1) is 0 Å². The molecule has 2 rings (SSSR count). The summed E-state index contributed by atoms with van der Waals surface area (Å²) in [5.74, 6) is 0.441. The summed E-state index contributed by atoms with van der Waals surface area (Å²) < 4.78 is 31.0. The molecule has 1 N–H and O–H groups in total. The van der Waals surface area contributed by atoms with Crippen molar-refractivity contribution in [2.24, 2.45) is 5.92 Å². The van der Waals surface area contributed by atoms with Crippen LogP contribution in [0.5, 0.6) is 0 Å². The highest BCUT2D eigenvalue weighted by Gasteiger charge is 2.22. The minimum absolute atomic E-state index is 0.0197. The van der Waals surface area contributed by atoms with E-state index in [0.717, 1.165) is 12.8 Å². The van der Waals surface area contributed by atoms with Gasteiger partial charge in [0.25, 0.3) is 10.0 Å². The van der Waals surface area contributed by atoms with Gasteiger partial charge >= 0.3 is 0 Å². The zero-order valence-corrected chi connectivity index (χ0v) is 10.2. The predicted molar refractivity (Wildman–Crippen MR) is 61.2 cm³/mol. The Morgan fingerprint density at radius 3 is 2.65 bits per heavy atom. The van der Waals surface area contributed by atoms with Crippen molar-refractivity contribution in [1.82, 2.24) is 4.72 Å². The second-order valence-electron chi connectivity index (χ2n) is 4.28. The summed E-state index contributed by atoms with van der Waals surface area (Å²) in [4.78, 5) is 10.4. The smallest absolute Gasteiger partial charge is 0.273 e. The molecule has 17 heavy (non-hydrogen) atoms. The molecule has 0 saturated heterocycles. The van der Waals surface area contributed by atoms with Gasteiger partial charge in [0, 0.05) is 6.54 Å². The number of carbonyl (C=O) groups excluding carboxylic acids is 1. The fourth-order valence-corrected chi connectivity index (χ4v) is 3.11. The van der Waals surface area contributed by atoms with Gasteiger partial charge in [0.2, 0.25) is 5.09 Å². The van der Waals surface area contributed by atoms with Crippen molar-refractivity contribution in [2.75, 3.05) is 6.54 Å². The van der Waals surface area contributed by atoms with Gasteiger partial charge in [-0.2, -0.15) is 0 Å². The molecule has 5 nitrogen and oxygen atoms in total. The van der Waals surface area contributed by atoms with Crippen LogP contribution < -0.4 is 4.72 Å². The molecule has 1 aromatic heterocycles. The number of carbonyl (C=O) groups is 1. The van der Waals surface area contributed by atoms with Crippen LogP contribution in [0.3, 0.4) is 0 Å². The number of hydrogen-bond donors (Lipinski definition) is 1. The summed E-state index contributed by atoms with van der Waals surface area (Å²) in [5.41, 5.74) is 0. The van der Waals surface area contributed by atoms with Crippen molar-refractivity contribution in [3.63, 3.8) is 0 Å². The van der Waals surface area contributed by atoms with Crippen LogP contribution >= 0.6 is 0 Å². The molecule has 0 aliphatic heterocycles. The van der Waals surface area contributed by atoms with E-state index in [1.54, 1.807) is 0 Å². The van der Waals surface area contributed by atoms with Gasteiger partial charge in [-0.15, -0.1) is 0 Å². The molecule has 0 radical (unpaired) electrons. The van der Waals surface area contributed by atoms with E-state index in [2.05, 4.69) is 4.72 Å². The summed E-state index contributed by atoms with van der Waals surface area (Å²) in [6, 6.07) is 2.64. The maximum Gasteiger partial charge on any atom is 0.273 e. The van der Waals surface area contributed by atoms with E-state index in [-0.39, 0.29) is 10.9 Å². The third-order valence-electron chi connectivity index (χ3n) is 3.02. The van der Waals surface area contributed by atoms with Crippen molar-refractivity contribution >= 4 is 16.3 Å². The standard InChI is InChI=1S/C11H15NO4S/c13-8-10-5-6-11(16-10)17(14,15)12-7-9-3-1-2-4-9/h5-6,8-9,12H,1-4,7H2. The third-order valence-corrected chi connectivity index (χ3v) is 4.32. The zero-order chi connectivity index (χ0) is 12.3. The highest BCUT2D eigenvalue weighted by molar-refractivity contribution is 7.89. The lowest BCUT2D eigenvalue weighted by molar-refractivity contribution is 0.109. The molecule has 0 bridgehead atoms. The Hall–Kier alpha value is -1.14. The molecule has 1 aliphatic carbocycles. The topological polar surface area (TPSA) is 76.4 Å². The molecule has 94 valence electrons. The summed E-state index contributed by atoms with van der Waals surface area (Å²) in [6.45, 7) is 0.444. The maximum atomic E-state index is 11.8. The molecule has 0 atom stereocenters. The van der Waals surface area contributed by atoms with Crippen molar-refractivity contribution in [2.45, 2.75) is 30.8 Å². The molecular formula is C11H15NO4S. The van der Waals surface area contributed by atoms with E-state index in [1.807, 2.05) is 0 Å². The lowest BCUT2D eigenvalue weighted by Gasteiger charge is -2.09. The Kier molecular flexibility index (Phi) is 3.63. The lowest BCUT2D eigenvalue weighted by atomic mass is 10.1. The van der Waals surface area contributed by atoms with Gasteiger partial charge in [0.15, 0.2) is 12.0 Å². The maximum absolute atomic E-state index is 11.8. The quantitative estimate of drug-likeness (QED) is 0.812. The van der Waals surface area contributed by atoms with Crippen LogP contribution in [0.25, 0.3) is 0 Å². The molecular weight excluding hydrogens is 242 g/mol. The van der Waals surface area contributed by atoms with Crippen molar-refractivity contribution < 1.29 is 17.6 Å². The Balaban J connectivity index is 2.00. The fraction of sp³-hybridized carbons (Fsp3) is 0.545. The second-order valence-corrected chi connectivity index (χ2v) is 5.97. The van der Waals surface area contributed by atoms with Gasteiger partial charge in [0.1, 0.15) is 0 Å². The van der Waals surface area contributed by atoms with Crippen LogP contribution in [0.2, 0.25) is 0 Å². The monoisotopic (exact) mass is 257 g/mol. The first-order chi connectivity index (χ1) is 8.12. The number of rotatable bonds is 5. The number of nitrogens with one attached hydrogen (secondary N) is 1. The van der Waals surface area contributed by atoms with Gasteiger partial charge in [-0.05, 0) is 30.9 Å². The van der Waals surface area contributed by atoms with Crippen LogP contribution in [-0.2, 0) is 10.0 Å². The molecule has 0 unspecified atom stereocenters. The Labute approximate surface area is 100 Å². The Morgan fingerprint density at radius 2 is 2.06 bits per heavy atom. The molecule has 6 heteroatoms. The Bertz CT molecular complexity index is 485. The van der Waals surface area contributed by atoms with Crippen LogP contribution in [0, 0.1) is 5.92 Å². The lowest BCUT2D eigenvalue weighted by Crippen LogP contribution is -2.28.